The maximum Gasteiger partial charge on any atom is 0.0390 e. The van der Waals surface area contributed by atoms with Gasteiger partial charge in [-0.3, -0.25) is 0 Å². The molecule has 1 aromatic heterocycles. The average Bonchev–Trinajstić information content (AvgIpc) is 2.51. The zero-order chi connectivity index (χ0) is 10.7. The van der Waals surface area contributed by atoms with Crippen LogP contribution in [0.5, 0.6) is 0 Å². The maximum absolute atomic E-state index is 3.63. The first kappa shape index (κ1) is 11.7. The van der Waals surface area contributed by atoms with Crippen LogP contribution in [0.15, 0.2) is 11.4 Å². The molecule has 0 spiro atoms. The second kappa shape index (κ2) is 4.94. The molecule has 0 saturated carbocycles. The number of nitrogens with one attached hydrogen (secondary N) is 1. The summed E-state index contributed by atoms with van der Waals surface area (Å²) in [5, 5.41) is 5.80. The number of thiophene rings is 1. The molecule has 0 aromatic carbocycles. The molecule has 1 N–H and O–H groups in total. The van der Waals surface area contributed by atoms with E-state index in [-0.39, 0.29) is 0 Å². The zero-order valence-corrected chi connectivity index (χ0v) is 10.6. The molecule has 0 aliphatic carbocycles. The van der Waals surface area contributed by atoms with Crippen LogP contribution in [0.2, 0.25) is 0 Å². The van der Waals surface area contributed by atoms with Gasteiger partial charge >= 0.3 is 0 Å². The van der Waals surface area contributed by atoms with Gasteiger partial charge in [0.05, 0.1) is 0 Å². The Balaban J connectivity index is 2.59. The third-order valence-corrected chi connectivity index (χ3v) is 4.01. The van der Waals surface area contributed by atoms with Crippen molar-refractivity contribution in [3.05, 3.63) is 21.9 Å². The van der Waals surface area contributed by atoms with E-state index in [0.717, 1.165) is 0 Å². The van der Waals surface area contributed by atoms with Gasteiger partial charge in [0.1, 0.15) is 0 Å². The molecular formula is C12H21NS. The van der Waals surface area contributed by atoms with Gasteiger partial charge in [0, 0.05) is 17.0 Å². The lowest BCUT2D eigenvalue weighted by Gasteiger charge is -2.22. The standard InChI is InChI=1S/C12H21NS/c1-8(2)10(4)13-11(5)12-9(3)6-7-14-12/h6-8,10-11,13H,1-5H3/t10-,11-/m1/s1. The highest BCUT2D eigenvalue weighted by Gasteiger charge is 2.14. The minimum atomic E-state index is 0.479. The molecule has 0 fully saturated rings. The summed E-state index contributed by atoms with van der Waals surface area (Å²) in [5.74, 6) is 0.692. The quantitative estimate of drug-likeness (QED) is 0.799. The topological polar surface area (TPSA) is 12.0 Å². The average molecular weight is 211 g/mol. The van der Waals surface area contributed by atoms with Crippen LogP contribution in [0.4, 0.5) is 0 Å². The van der Waals surface area contributed by atoms with E-state index in [4.69, 9.17) is 0 Å². The predicted octanol–water partition coefficient (Wildman–Crippen LogP) is 3.75. The second-order valence-corrected chi connectivity index (χ2v) is 5.34. The molecule has 0 aliphatic heterocycles. The van der Waals surface area contributed by atoms with Crippen molar-refractivity contribution in [1.82, 2.24) is 5.32 Å². The van der Waals surface area contributed by atoms with E-state index in [1.807, 2.05) is 11.3 Å². The third kappa shape index (κ3) is 2.82. The van der Waals surface area contributed by atoms with Crippen molar-refractivity contribution < 1.29 is 0 Å². The van der Waals surface area contributed by atoms with Crippen LogP contribution in [-0.2, 0) is 0 Å². The fourth-order valence-corrected chi connectivity index (χ4v) is 2.44. The molecule has 14 heavy (non-hydrogen) atoms. The summed E-state index contributed by atoms with van der Waals surface area (Å²) in [5.41, 5.74) is 1.41. The number of hydrogen-bond donors (Lipinski definition) is 1. The van der Waals surface area contributed by atoms with E-state index >= 15 is 0 Å². The second-order valence-electron chi connectivity index (χ2n) is 4.39. The molecule has 0 amide bonds. The van der Waals surface area contributed by atoms with Gasteiger partial charge in [-0.05, 0) is 43.7 Å². The van der Waals surface area contributed by atoms with Crippen molar-refractivity contribution in [2.24, 2.45) is 5.92 Å². The lowest BCUT2D eigenvalue weighted by Crippen LogP contribution is -2.32. The van der Waals surface area contributed by atoms with Crippen molar-refractivity contribution in [2.75, 3.05) is 0 Å². The van der Waals surface area contributed by atoms with E-state index in [1.54, 1.807) is 0 Å². The minimum absolute atomic E-state index is 0.479. The maximum atomic E-state index is 3.63. The Labute approximate surface area is 91.5 Å². The van der Waals surface area contributed by atoms with E-state index in [1.165, 1.54) is 10.4 Å². The summed E-state index contributed by atoms with van der Waals surface area (Å²) in [7, 11) is 0. The molecule has 0 unspecified atom stereocenters. The van der Waals surface area contributed by atoms with Crippen molar-refractivity contribution >= 4 is 11.3 Å². The molecule has 0 saturated heterocycles. The molecule has 0 aliphatic rings. The first-order chi connectivity index (χ1) is 6.52. The van der Waals surface area contributed by atoms with Crippen LogP contribution in [0.3, 0.4) is 0 Å². The normalized spacial score (nSPS) is 15.9. The van der Waals surface area contributed by atoms with Gasteiger partial charge in [-0.15, -0.1) is 11.3 Å². The number of hydrogen-bond acceptors (Lipinski definition) is 2. The van der Waals surface area contributed by atoms with E-state index in [2.05, 4.69) is 51.4 Å². The smallest absolute Gasteiger partial charge is 0.0390 e. The fraction of sp³-hybridized carbons (Fsp3) is 0.667. The van der Waals surface area contributed by atoms with Crippen LogP contribution < -0.4 is 5.32 Å². The Morgan fingerprint density at radius 3 is 2.29 bits per heavy atom. The molecule has 80 valence electrons. The monoisotopic (exact) mass is 211 g/mol. The lowest BCUT2D eigenvalue weighted by atomic mass is 10.0. The van der Waals surface area contributed by atoms with Gasteiger partial charge in [0.2, 0.25) is 0 Å². The van der Waals surface area contributed by atoms with Crippen LogP contribution in [0.1, 0.15) is 44.2 Å². The molecule has 1 rings (SSSR count). The summed E-state index contributed by atoms with van der Waals surface area (Å²) < 4.78 is 0. The summed E-state index contributed by atoms with van der Waals surface area (Å²) >= 11 is 1.85. The van der Waals surface area contributed by atoms with E-state index < -0.39 is 0 Å². The molecule has 2 atom stereocenters. The fourth-order valence-electron chi connectivity index (χ4n) is 1.49. The largest absolute Gasteiger partial charge is 0.307 e. The van der Waals surface area contributed by atoms with Crippen molar-refractivity contribution in [1.29, 1.82) is 0 Å². The molecule has 2 heteroatoms. The van der Waals surface area contributed by atoms with Gasteiger partial charge in [0.15, 0.2) is 0 Å². The Morgan fingerprint density at radius 2 is 1.86 bits per heavy atom. The lowest BCUT2D eigenvalue weighted by molar-refractivity contribution is 0.391. The first-order valence-electron chi connectivity index (χ1n) is 5.32. The van der Waals surface area contributed by atoms with E-state index in [9.17, 15) is 0 Å². The first-order valence-corrected chi connectivity index (χ1v) is 6.20. The van der Waals surface area contributed by atoms with E-state index in [0.29, 0.717) is 18.0 Å². The summed E-state index contributed by atoms with van der Waals surface area (Å²) in [4.78, 5) is 1.47. The van der Waals surface area contributed by atoms with Crippen LogP contribution in [0, 0.1) is 12.8 Å². The molecule has 1 heterocycles. The van der Waals surface area contributed by atoms with Crippen molar-refractivity contribution in [2.45, 2.75) is 46.7 Å². The predicted molar refractivity (Wildman–Crippen MR) is 64.9 cm³/mol. The SMILES string of the molecule is Cc1ccsc1[C@@H](C)N[C@H](C)C(C)C. The highest BCUT2D eigenvalue weighted by atomic mass is 32.1. The minimum Gasteiger partial charge on any atom is -0.307 e. The van der Waals surface area contributed by atoms with Gasteiger partial charge in [-0.25, -0.2) is 0 Å². The van der Waals surface area contributed by atoms with Gasteiger partial charge < -0.3 is 5.32 Å². The highest BCUT2D eigenvalue weighted by Crippen LogP contribution is 2.24. The molecule has 0 radical (unpaired) electrons. The molecule has 1 aromatic rings. The van der Waals surface area contributed by atoms with Gasteiger partial charge in [-0.1, -0.05) is 13.8 Å². The Hall–Kier alpha value is -0.340. The van der Waals surface area contributed by atoms with Gasteiger partial charge in [-0.2, -0.15) is 0 Å². The highest BCUT2D eigenvalue weighted by molar-refractivity contribution is 7.10. The summed E-state index contributed by atoms with van der Waals surface area (Å²) in [6, 6.07) is 3.25. The van der Waals surface area contributed by atoms with Crippen LogP contribution in [-0.4, -0.2) is 6.04 Å². The number of rotatable bonds is 4. The zero-order valence-electron chi connectivity index (χ0n) is 9.79. The van der Waals surface area contributed by atoms with Crippen LogP contribution >= 0.6 is 11.3 Å². The summed E-state index contributed by atoms with van der Waals surface area (Å²) in [6.07, 6.45) is 0. The van der Waals surface area contributed by atoms with Crippen molar-refractivity contribution in [3.8, 4) is 0 Å². The Morgan fingerprint density at radius 1 is 1.21 bits per heavy atom. The Kier molecular flexibility index (Phi) is 4.14. The Bertz CT molecular complexity index is 278. The molecule has 0 bridgehead atoms. The summed E-state index contributed by atoms with van der Waals surface area (Å²) in [6.45, 7) is 11.2. The van der Waals surface area contributed by atoms with Crippen molar-refractivity contribution in [3.63, 3.8) is 0 Å². The third-order valence-electron chi connectivity index (χ3n) is 2.81. The molecular weight excluding hydrogens is 190 g/mol. The van der Waals surface area contributed by atoms with Gasteiger partial charge in [0.25, 0.3) is 0 Å². The van der Waals surface area contributed by atoms with Crippen LogP contribution in [0.25, 0.3) is 0 Å². The number of aryl methyl sites for hydroxylation is 1. The molecule has 1 nitrogen and oxygen atoms in total.